The van der Waals surface area contributed by atoms with Crippen molar-refractivity contribution in [3.05, 3.63) is 89.1 Å². The fourth-order valence-electron chi connectivity index (χ4n) is 9.46. The molecular weight excluding hydrogens is 759 g/mol. The molecule has 2 amide bonds. The number of imidazole rings is 1. The van der Waals surface area contributed by atoms with Gasteiger partial charge in [-0.1, -0.05) is 18.2 Å². The summed E-state index contributed by atoms with van der Waals surface area (Å²) in [6.45, 7) is 10.2. The van der Waals surface area contributed by atoms with Gasteiger partial charge in [-0.05, 0) is 85.7 Å². The van der Waals surface area contributed by atoms with E-state index < -0.39 is 11.9 Å². The van der Waals surface area contributed by atoms with Gasteiger partial charge in [0.15, 0.2) is 0 Å². The average Bonchev–Trinajstić information content (AvgIpc) is 3.53. The predicted octanol–water partition coefficient (Wildman–Crippen LogP) is 5.22. The summed E-state index contributed by atoms with van der Waals surface area (Å²) in [5.74, 6) is 1.15. The summed E-state index contributed by atoms with van der Waals surface area (Å²) < 4.78 is 8.94. The normalized spacial score (nSPS) is 18.9. The molecule has 0 spiro atoms. The Bertz CT molecular complexity index is 2680. The number of carbonyl (C=O) groups excluding carboxylic acids is 2. The lowest BCUT2D eigenvalue weighted by molar-refractivity contribution is -0.135. The number of benzene rings is 3. The number of fused-ring (bicyclic) bond motifs is 3. The number of imide groups is 1. The molecule has 3 fully saturated rings. The second kappa shape index (κ2) is 15.6. The Labute approximate surface area is 347 Å². The molecule has 1 unspecified atom stereocenters. The highest BCUT2D eigenvalue weighted by molar-refractivity contribution is 6.00. The zero-order chi connectivity index (χ0) is 40.9. The van der Waals surface area contributed by atoms with Gasteiger partial charge in [-0.25, -0.2) is 19.7 Å². The van der Waals surface area contributed by atoms with Crippen molar-refractivity contribution in [2.24, 2.45) is 13.0 Å². The zero-order valence-corrected chi connectivity index (χ0v) is 34.0. The fourth-order valence-corrected chi connectivity index (χ4v) is 9.46. The molecule has 6 aromatic rings. The Kier molecular flexibility index (Phi) is 9.82. The van der Waals surface area contributed by atoms with Crippen LogP contribution in [0.25, 0.3) is 33.1 Å². The van der Waals surface area contributed by atoms with Crippen LogP contribution in [0.1, 0.15) is 37.3 Å². The van der Waals surface area contributed by atoms with E-state index in [2.05, 4.69) is 96.1 Å². The van der Waals surface area contributed by atoms with Crippen LogP contribution >= 0.6 is 0 Å². The van der Waals surface area contributed by atoms with E-state index >= 15 is 0 Å². The highest BCUT2D eigenvalue weighted by atomic mass is 16.5. The van der Waals surface area contributed by atoms with Gasteiger partial charge in [0, 0.05) is 101 Å². The lowest BCUT2D eigenvalue weighted by Crippen LogP contribution is -2.49. The molecule has 4 aliphatic rings. The van der Waals surface area contributed by atoms with Gasteiger partial charge in [0.2, 0.25) is 23.6 Å². The lowest BCUT2D eigenvalue weighted by atomic mass is 9.95. The minimum absolute atomic E-state index is 0.224. The first-order valence-corrected chi connectivity index (χ1v) is 21.0. The minimum Gasteiger partial charge on any atom is -0.474 e. The van der Waals surface area contributed by atoms with Crippen LogP contribution in [-0.2, 0) is 16.6 Å². The molecule has 308 valence electrons. The first-order valence-electron chi connectivity index (χ1n) is 21.0. The number of pyridine rings is 1. The number of anilines is 5. The molecule has 3 saturated heterocycles. The summed E-state index contributed by atoms with van der Waals surface area (Å²) in [5, 5.41) is 10.2. The average molecular weight is 808 g/mol. The third-order valence-electron chi connectivity index (χ3n) is 12.8. The number of aryl methyl sites for hydroxylation is 1. The van der Waals surface area contributed by atoms with E-state index in [0.29, 0.717) is 30.8 Å². The Morgan fingerprint density at radius 3 is 2.50 bits per heavy atom. The van der Waals surface area contributed by atoms with Gasteiger partial charge < -0.3 is 25.2 Å². The molecule has 0 aliphatic carbocycles. The quantitative estimate of drug-likeness (QED) is 0.173. The first-order chi connectivity index (χ1) is 29.3. The number of nitrogens with zero attached hydrogens (tertiary/aromatic N) is 8. The molecule has 1 atom stereocenters. The molecule has 7 heterocycles. The van der Waals surface area contributed by atoms with Crippen LogP contribution in [0, 0.1) is 12.8 Å². The summed E-state index contributed by atoms with van der Waals surface area (Å²) in [7, 11) is 1.77. The molecule has 10 rings (SSSR count). The smallest absolute Gasteiger partial charge is 0.329 e. The van der Waals surface area contributed by atoms with Crippen molar-refractivity contribution in [1.29, 1.82) is 0 Å². The van der Waals surface area contributed by atoms with Crippen molar-refractivity contribution < 1.29 is 14.3 Å². The predicted molar refractivity (Wildman–Crippen MR) is 233 cm³/mol. The summed E-state index contributed by atoms with van der Waals surface area (Å²) in [6.07, 6.45) is 6.57. The van der Waals surface area contributed by atoms with Crippen molar-refractivity contribution in [2.45, 2.75) is 38.6 Å². The van der Waals surface area contributed by atoms with Crippen LogP contribution in [-0.4, -0.2) is 99.8 Å². The molecule has 3 aromatic carbocycles. The lowest BCUT2D eigenvalue weighted by Gasteiger charge is -2.40. The molecule has 3 aromatic heterocycles. The Morgan fingerprint density at radius 2 is 1.70 bits per heavy atom. The molecule has 4 aliphatic heterocycles. The highest BCUT2D eigenvalue weighted by Crippen LogP contribution is 2.36. The third kappa shape index (κ3) is 7.06. The number of piperidine rings is 2. The van der Waals surface area contributed by atoms with Gasteiger partial charge in [-0.15, -0.1) is 0 Å². The van der Waals surface area contributed by atoms with Crippen molar-refractivity contribution in [1.82, 2.24) is 34.3 Å². The highest BCUT2D eigenvalue weighted by Gasteiger charge is 2.33. The number of carbonyl (C=O) groups is 2. The van der Waals surface area contributed by atoms with Crippen LogP contribution in [0.5, 0.6) is 5.88 Å². The number of piperazine rings is 1. The van der Waals surface area contributed by atoms with Crippen LogP contribution in [0.15, 0.2) is 77.9 Å². The molecule has 0 radical (unpaired) electrons. The summed E-state index contributed by atoms with van der Waals surface area (Å²) in [5.41, 5.74) is 9.50. The molecule has 3 N–H and O–H groups in total. The van der Waals surface area contributed by atoms with E-state index in [4.69, 9.17) is 9.72 Å². The van der Waals surface area contributed by atoms with Crippen LogP contribution in [0.4, 0.5) is 28.7 Å². The zero-order valence-electron chi connectivity index (χ0n) is 34.0. The molecule has 60 heavy (non-hydrogen) atoms. The van der Waals surface area contributed by atoms with Crippen LogP contribution in [0.3, 0.4) is 0 Å². The standard InChI is InChI=1S/C45H49N11O4/c1-28-34(26-47-43-40(28)46-16-23-60-43)30-6-7-31-25-48-44(50-35(31)24-30)49-32-8-10-33(11-9-32)54-17-14-29(15-18-54)27-53-19-21-55(22-20-53)36-4-3-5-37-41(36)52(2)45(59)56(37)38-12-13-39(57)51-42(38)58/h3-11,24-26,29,38,46H,12-23,27H2,1-2H3,(H,48,49,50)(H,51,57,58). The van der Waals surface area contributed by atoms with Crippen LogP contribution in [0.2, 0.25) is 0 Å². The summed E-state index contributed by atoms with van der Waals surface area (Å²) >= 11 is 0. The maximum atomic E-state index is 13.5. The number of amides is 2. The van der Waals surface area contributed by atoms with Gasteiger partial charge in [-0.2, -0.15) is 0 Å². The van der Waals surface area contributed by atoms with E-state index in [0.717, 1.165) is 121 Å². The van der Waals surface area contributed by atoms with Crippen molar-refractivity contribution in [3.63, 3.8) is 0 Å². The van der Waals surface area contributed by atoms with E-state index in [1.807, 2.05) is 24.5 Å². The third-order valence-corrected chi connectivity index (χ3v) is 12.8. The Morgan fingerprint density at radius 1 is 0.883 bits per heavy atom. The minimum atomic E-state index is -0.691. The van der Waals surface area contributed by atoms with Crippen LogP contribution < -0.4 is 36.2 Å². The maximum absolute atomic E-state index is 13.5. The number of rotatable bonds is 8. The van der Waals surface area contributed by atoms with E-state index in [9.17, 15) is 14.4 Å². The van der Waals surface area contributed by atoms with Crippen molar-refractivity contribution >= 4 is 62.4 Å². The Hall–Kier alpha value is -6.48. The summed E-state index contributed by atoms with van der Waals surface area (Å²) in [4.78, 5) is 59.4. The van der Waals surface area contributed by atoms with E-state index in [1.54, 1.807) is 16.2 Å². The largest absolute Gasteiger partial charge is 0.474 e. The van der Waals surface area contributed by atoms with Gasteiger partial charge in [0.05, 0.1) is 22.2 Å². The molecule has 0 bridgehead atoms. The number of hydrogen-bond donors (Lipinski definition) is 3. The van der Waals surface area contributed by atoms with E-state index in [-0.39, 0.29) is 18.0 Å². The van der Waals surface area contributed by atoms with Gasteiger partial charge in [0.1, 0.15) is 18.3 Å². The molecule has 15 nitrogen and oxygen atoms in total. The van der Waals surface area contributed by atoms with Gasteiger partial charge >= 0.3 is 5.69 Å². The topological polar surface area (TPSA) is 155 Å². The maximum Gasteiger partial charge on any atom is 0.329 e. The number of nitrogens with one attached hydrogen (secondary N) is 3. The second-order valence-corrected chi connectivity index (χ2v) is 16.4. The van der Waals surface area contributed by atoms with Gasteiger partial charge in [-0.3, -0.25) is 28.9 Å². The first kappa shape index (κ1) is 37.8. The molecule has 15 heteroatoms. The second-order valence-electron chi connectivity index (χ2n) is 16.4. The number of ether oxygens (including phenoxy) is 1. The summed E-state index contributed by atoms with van der Waals surface area (Å²) in [6, 6.07) is 20.0. The molecular formula is C45H49N11O4. The van der Waals surface area contributed by atoms with Crippen molar-refractivity contribution in [3.8, 4) is 17.0 Å². The number of aromatic nitrogens is 5. The SMILES string of the molecule is Cc1c(-c2ccc3cnc(Nc4ccc(N5CCC(CN6CCN(c7cccc8c7n(C)c(=O)n8C7CCC(=O)NC7=O)CC6)CC5)cc4)nc3c2)cnc2c1NCCO2. The molecule has 0 saturated carbocycles. The van der Waals surface area contributed by atoms with E-state index in [1.165, 1.54) is 5.69 Å². The number of hydrogen-bond acceptors (Lipinski definition) is 12. The fraction of sp³-hybridized carbons (Fsp3) is 0.378. The van der Waals surface area contributed by atoms with Gasteiger partial charge in [0.25, 0.3) is 0 Å². The number of para-hydroxylation sites is 1. The Balaban J connectivity index is 0.730. The monoisotopic (exact) mass is 807 g/mol. The van der Waals surface area contributed by atoms with Crippen molar-refractivity contribution in [2.75, 3.05) is 79.4 Å².